The molecule has 0 spiro atoms. The fraction of sp³-hybridized carbons (Fsp3) is 0.647. The third-order valence-corrected chi connectivity index (χ3v) is 4.05. The second kappa shape index (κ2) is 6.38. The van der Waals surface area contributed by atoms with Gasteiger partial charge in [-0.15, -0.1) is 0 Å². The Labute approximate surface area is 112 Å². The molecule has 2 unspecified atom stereocenters. The van der Waals surface area contributed by atoms with Crippen molar-refractivity contribution in [3.63, 3.8) is 0 Å². The van der Waals surface area contributed by atoms with Gasteiger partial charge in [0.25, 0.3) is 0 Å². The molecule has 1 heteroatoms. The molecule has 2 rings (SSSR count). The molecule has 0 amide bonds. The fourth-order valence-electron chi connectivity index (χ4n) is 2.99. The van der Waals surface area contributed by atoms with E-state index in [-0.39, 0.29) is 0 Å². The number of hydrogen-bond donors (Lipinski definition) is 1. The molecular formula is C17H27N. The first kappa shape index (κ1) is 13.6. The predicted molar refractivity (Wildman–Crippen MR) is 78.8 cm³/mol. The number of hydrogen-bond acceptors (Lipinski definition) is 1. The van der Waals surface area contributed by atoms with Gasteiger partial charge in [-0.25, -0.2) is 0 Å². The molecule has 0 heterocycles. The van der Waals surface area contributed by atoms with Crippen LogP contribution in [-0.4, -0.2) is 12.6 Å². The van der Waals surface area contributed by atoms with E-state index in [2.05, 4.69) is 56.4 Å². The molecule has 0 aromatic heterocycles. The molecular weight excluding hydrogens is 218 g/mol. The molecule has 1 aromatic carbocycles. The van der Waals surface area contributed by atoms with E-state index in [1.165, 1.54) is 24.8 Å². The minimum Gasteiger partial charge on any atom is -0.313 e. The lowest BCUT2D eigenvalue weighted by atomic mass is 9.81. The highest BCUT2D eigenvalue weighted by Crippen LogP contribution is 2.45. The van der Waals surface area contributed by atoms with Crippen LogP contribution < -0.4 is 5.32 Å². The Morgan fingerprint density at radius 2 is 1.83 bits per heavy atom. The largest absolute Gasteiger partial charge is 0.313 e. The first-order valence-electron chi connectivity index (χ1n) is 7.52. The van der Waals surface area contributed by atoms with Crippen molar-refractivity contribution in [2.75, 3.05) is 6.54 Å². The van der Waals surface area contributed by atoms with Crippen LogP contribution in [-0.2, 0) is 0 Å². The van der Waals surface area contributed by atoms with E-state index in [0.29, 0.717) is 17.9 Å². The van der Waals surface area contributed by atoms with Crippen LogP contribution in [0.15, 0.2) is 30.3 Å². The SMILES string of the molecule is CCCNC(C(C)C)C(c1ccccc1)C1CC1. The lowest BCUT2D eigenvalue weighted by molar-refractivity contribution is 0.320. The van der Waals surface area contributed by atoms with E-state index in [9.17, 15) is 0 Å². The zero-order chi connectivity index (χ0) is 13.0. The summed E-state index contributed by atoms with van der Waals surface area (Å²) in [5, 5.41) is 3.79. The summed E-state index contributed by atoms with van der Waals surface area (Å²) in [5.74, 6) is 2.31. The van der Waals surface area contributed by atoms with Crippen molar-refractivity contribution >= 4 is 0 Å². The summed E-state index contributed by atoms with van der Waals surface area (Å²) in [5.41, 5.74) is 1.53. The van der Waals surface area contributed by atoms with Gasteiger partial charge in [0.2, 0.25) is 0 Å². The van der Waals surface area contributed by atoms with Crippen molar-refractivity contribution in [3.05, 3.63) is 35.9 Å². The summed E-state index contributed by atoms with van der Waals surface area (Å²) in [4.78, 5) is 0. The number of rotatable bonds is 7. The predicted octanol–water partition coefficient (Wildman–Crippen LogP) is 4.20. The third kappa shape index (κ3) is 3.35. The summed E-state index contributed by atoms with van der Waals surface area (Å²) in [6, 6.07) is 11.7. The van der Waals surface area contributed by atoms with Gasteiger partial charge >= 0.3 is 0 Å². The van der Waals surface area contributed by atoms with E-state index in [1.54, 1.807) is 0 Å². The number of nitrogens with one attached hydrogen (secondary N) is 1. The number of benzene rings is 1. The van der Waals surface area contributed by atoms with Gasteiger partial charge in [-0.2, -0.15) is 0 Å². The minimum atomic E-state index is 0.625. The van der Waals surface area contributed by atoms with Gasteiger partial charge in [0.1, 0.15) is 0 Å². The summed E-state index contributed by atoms with van der Waals surface area (Å²) >= 11 is 0. The molecule has 18 heavy (non-hydrogen) atoms. The van der Waals surface area contributed by atoms with Crippen molar-refractivity contribution in [3.8, 4) is 0 Å². The van der Waals surface area contributed by atoms with Crippen LogP contribution in [0.5, 0.6) is 0 Å². The lowest BCUT2D eigenvalue weighted by Gasteiger charge is -2.32. The topological polar surface area (TPSA) is 12.0 Å². The van der Waals surface area contributed by atoms with Crippen molar-refractivity contribution in [1.29, 1.82) is 0 Å². The maximum absolute atomic E-state index is 3.79. The molecule has 100 valence electrons. The molecule has 0 bridgehead atoms. The van der Waals surface area contributed by atoms with Gasteiger partial charge in [0, 0.05) is 12.0 Å². The average Bonchev–Trinajstić information content (AvgIpc) is 3.19. The van der Waals surface area contributed by atoms with Crippen LogP contribution in [0.4, 0.5) is 0 Å². The van der Waals surface area contributed by atoms with E-state index in [0.717, 1.165) is 12.5 Å². The molecule has 1 N–H and O–H groups in total. The highest BCUT2D eigenvalue weighted by atomic mass is 14.9. The Bertz CT molecular complexity index is 340. The average molecular weight is 245 g/mol. The maximum Gasteiger partial charge on any atom is 0.0161 e. The Balaban J connectivity index is 2.16. The molecule has 1 aromatic rings. The van der Waals surface area contributed by atoms with Gasteiger partial charge in [0.15, 0.2) is 0 Å². The van der Waals surface area contributed by atoms with Crippen molar-refractivity contribution in [2.24, 2.45) is 11.8 Å². The van der Waals surface area contributed by atoms with Crippen LogP contribution in [0, 0.1) is 11.8 Å². The highest BCUT2D eigenvalue weighted by molar-refractivity contribution is 5.24. The second-order valence-electron chi connectivity index (χ2n) is 6.00. The van der Waals surface area contributed by atoms with E-state index < -0.39 is 0 Å². The summed E-state index contributed by atoms with van der Waals surface area (Å²) in [6.07, 6.45) is 4.04. The third-order valence-electron chi connectivity index (χ3n) is 4.05. The standard InChI is InChI=1S/C17H27N/c1-4-12-18-17(13(2)3)16(15-10-11-15)14-8-6-5-7-9-14/h5-9,13,15-18H,4,10-12H2,1-3H3. The molecule has 0 aliphatic heterocycles. The summed E-state index contributed by atoms with van der Waals surface area (Å²) in [6.45, 7) is 8.09. The van der Waals surface area contributed by atoms with E-state index >= 15 is 0 Å². The monoisotopic (exact) mass is 245 g/mol. The Morgan fingerprint density at radius 1 is 1.17 bits per heavy atom. The summed E-state index contributed by atoms with van der Waals surface area (Å²) < 4.78 is 0. The summed E-state index contributed by atoms with van der Waals surface area (Å²) in [7, 11) is 0. The van der Waals surface area contributed by atoms with E-state index in [4.69, 9.17) is 0 Å². The lowest BCUT2D eigenvalue weighted by Crippen LogP contribution is -2.40. The van der Waals surface area contributed by atoms with Crippen LogP contribution in [0.1, 0.15) is 51.5 Å². The van der Waals surface area contributed by atoms with Crippen LogP contribution in [0.3, 0.4) is 0 Å². The first-order chi connectivity index (χ1) is 8.74. The molecule has 1 saturated carbocycles. The van der Waals surface area contributed by atoms with Gasteiger partial charge < -0.3 is 5.32 Å². The van der Waals surface area contributed by atoms with Crippen molar-refractivity contribution in [1.82, 2.24) is 5.32 Å². The van der Waals surface area contributed by atoms with Gasteiger partial charge in [-0.1, -0.05) is 51.1 Å². The molecule has 0 saturated heterocycles. The first-order valence-corrected chi connectivity index (χ1v) is 7.52. The van der Waals surface area contributed by atoms with Crippen molar-refractivity contribution in [2.45, 2.75) is 52.0 Å². The van der Waals surface area contributed by atoms with Gasteiger partial charge in [-0.05, 0) is 43.2 Å². The molecule has 1 fully saturated rings. The smallest absolute Gasteiger partial charge is 0.0161 e. The Kier molecular flexibility index (Phi) is 4.82. The molecule has 0 radical (unpaired) electrons. The van der Waals surface area contributed by atoms with Crippen LogP contribution in [0.25, 0.3) is 0 Å². The van der Waals surface area contributed by atoms with Crippen LogP contribution in [0.2, 0.25) is 0 Å². The quantitative estimate of drug-likeness (QED) is 0.759. The Morgan fingerprint density at radius 3 is 2.33 bits per heavy atom. The van der Waals surface area contributed by atoms with Crippen molar-refractivity contribution < 1.29 is 0 Å². The zero-order valence-corrected chi connectivity index (χ0v) is 12.0. The molecule has 1 aliphatic rings. The molecule has 2 atom stereocenters. The second-order valence-corrected chi connectivity index (χ2v) is 6.00. The maximum atomic E-state index is 3.79. The van der Waals surface area contributed by atoms with Gasteiger partial charge in [-0.3, -0.25) is 0 Å². The highest BCUT2D eigenvalue weighted by Gasteiger charge is 2.38. The van der Waals surface area contributed by atoms with E-state index in [1.807, 2.05) is 0 Å². The van der Waals surface area contributed by atoms with Crippen LogP contribution >= 0.6 is 0 Å². The normalized spacial score (nSPS) is 18.9. The Hall–Kier alpha value is -0.820. The minimum absolute atomic E-state index is 0.625. The van der Waals surface area contributed by atoms with Gasteiger partial charge in [0.05, 0.1) is 0 Å². The zero-order valence-electron chi connectivity index (χ0n) is 12.0. The molecule has 1 aliphatic carbocycles. The molecule has 1 nitrogen and oxygen atoms in total. The fourth-order valence-corrected chi connectivity index (χ4v) is 2.99.